The van der Waals surface area contributed by atoms with Gasteiger partial charge in [0.1, 0.15) is 0 Å². The minimum Gasteiger partial charge on any atom is -0.309 e. The van der Waals surface area contributed by atoms with Crippen molar-refractivity contribution in [2.75, 3.05) is 0 Å². The molecule has 0 unspecified atom stereocenters. The van der Waals surface area contributed by atoms with Crippen molar-refractivity contribution in [3.63, 3.8) is 0 Å². The number of benzene rings is 8. The molecule has 8 aromatic carbocycles. The molecule has 0 aliphatic carbocycles. The Labute approximate surface area is 278 Å². The molecular weight excluding hydrogens is 581 g/mol. The smallest absolute Gasteiger partial charge is 0.0619 e. The minimum atomic E-state index is 1.16. The van der Waals surface area contributed by atoms with E-state index >= 15 is 0 Å². The highest BCUT2D eigenvalue weighted by atomic mass is 15.0. The van der Waals surface area contributed by atoms with Crippen LogP contribution >= 0.6 is 0 Å². The topological polar surface area (TPSA) is 9.86 Å². The van der Waals surface area contributed by atoms with E-state index in [1.165, 1.54) is 82.3 Å². The molecule has 2 aromatic heterocycles. The standard InChI is InChI=1S/C46H30N2/c1-4-14-31(15-5-1)34-25-27-43(39(28-34)32-16-6-2-7-17-32)48-42-23-13-12-22-37(42)40-29-41-38-26-24-33-18-10-11-21-36(33)46(38)47(44(41)30-45(40)48)35-19-8-3-9-20-35/h1-30H. The van der Waals surface area contributed by atoms with Crippen molar-refractivity contribution in [1.82, 2.24) is 9.13 Å². The van der Waals surface area contributed by atoms with Gasteiger partial charge in [0.05, 0.1) is 27.8 Å². The van der Waals surface area contributed by atoms with E-state index in [9.17, 15) is 0 Å². The zero-order valence-corrected chi connectivity index (χ0v) is 26.2. The molecule has 2 nitrogen and oxygen atoms in total. The fraction of sp³-hybridized carbons (Fsp3) is 0. The molecule has 10 aromatic rings. The van der Waals surface area contributed by atoms with Gasteiger partial charge in [0.15, 0.2) is 0 Å². The van der Waals surface area contributed by atoms with Crippen LogP contribution < -0.4 is 0 Å². The van der Waals surface area contributed by atoms with Crippen LogP contribution in [0, 0.1) is 0 Å². The Bertz CT molecular complexity index is 2810. The van der Waals surface area contributed by atoms with Gasteiger partial charge in [-0.15, -0.1) is 0 Å². The SMILES string of the molecule is c1ccc(-c2ccc(-n3c4ccccc4c4cc5c6ccc7ccccc7c6n(-c6ccccc6)c5cc43)c(-c3ccccc3)c2)cc1. The maximum absolute atomic E-state index is 2.48. The highest BCUT2D eigenvalue weighted by Crippen LogP contribution is 2.43. The van der Waals surface area contributed by atoms with E-state index in [0.29, 0.717) is 0 Å². The van der Waals surface area contributed by atoms with Gasteiger partial charge < -0.3 is 9.13 Å². The first-order valence-electron chi connectivity index (χ1n) is 16.5. The van der Waals surface area contributed by atoms with Crippen LogP contribution in [0.3, 0.4) is 0 Å². The number of fused-ring (bicyclic) bond motifs is 8. The number of rotatable bonds is 4. The number of hydrogen-bond acceptors (Lipinski definition) is 0. The molecule has 0 fully saturated rings. The summed E-state index contributed by atoms with van der Waals surface area (Å²) in [4.78, 5) is 0. The van der Waals surface area contributed by atoms with Crippen molar-refractivity contribution < 1.29 is 0 Å². The quantitative estimate of drug-likeness (QED) is 0.188. The molecule has 10 rings (SSSR count). The summed E-state index contributed by atoms with van der Waals surface area (Å²) in [5, 5.41) is 7.54. The second kappa shape index (κ2) is 10.6. The number of hydrogen-bond donors (Lipinski definition) is 0. The fourth-order valence-corrected chi connectivity index (χ4v) is 7.73. The Morgan fingerprint density at radius 3 is 1.73 bits per heavy atom. The maximum Gasteiger partial charge on any atom is 0.0619 e. The van der Waals surface area contributed by atoms with Gasteiger partial charge in [-0.3, -0.25) is 0 Å². The molecule has 0 N–H and O–H groups in total. The summed E-state index contributed by atoms with van der Waals surface area (Å²) in [6, 6.07) is 66.2. The predicted octanol–water partition coefficient (Wildman–Crippen LogP) is 12.4. The summed E-state index contributed by atoms with van der Waals surface area (Å²) in [7, 11) is 0. The fourth-order valence-electron chi connectivity index (χ4n) is 7.73. The lowest BCUT2D eigenvalue weighted by atomic mass is 9.97. The van der Waals surface area contributed by atoms with Crippen molar-refractivity contribution in [2.24, 2.45) is 0 Å². The number of aromatic nitrogens is 2. The molecule has 0 saturated heterocycles. The molecule has 48 heavy (non-hydrogen) atoms. The summed E-state index contributed by atoms with van der Waals surface area (Å²) in [6.45, 7) is 0. The van der Waals surface area contributed by atoms with E-state index in [1.54, 1.807) is 0 Å². The van der Waals surface area contributed by atoms with E-state index in [4.69, 9.17) is 0 Å². The van der Waals surface area contributed by atoms with Gasteiger partial charge >= 0.3 is 0 Å². The van der Waals surface area contributed by atoms with Crippen LogP contribution in [0.15, 0.2) is 182 Å². The molecule has 0 aliphatic heterocycles. The third-order valence-corrected chi connectivity index (χ3v) is 9.89. The van der Waals surface area contributed by atoms with Crippen molar-refractivity contribution in [3.05, 3.63) is 182 Å². The lowest BCUT2D eigenvalue weighted by molar-refractivity contribution is 1.17. The second-order valence-corrected chi connectivity index (χ2v) is 12.6. The van der Waals surface area contributed by atoms with Gasteiger partial charge in [-0.1, -0.05) is 140 Å². The second-order valence-electron chi connectivity index (χ2n) is 12.6. The molecule has 0 amide bonds. The van der Waals surface area contributed by atoms with Crippen molar-refractivity contribution in [1.29, 1.82) is 0 Å². The molecule has 0 aliphatic rings. The third-order valence-electron chi connectivity index (χ3n) is 9.89. The molecular formula is C46H30N2. The van der Waals surface area contributed by atoms with E-state index in [0.717, 1.165) is 5.69 Å². The van der Waals surface area contributed by atoms with Crippen molar-refractivity contribution >= 4 is 54.4 Å². The summed E-state index contributed by atoms with van der Waals surface area (Å²) in [5.74, 6) is 0. The van der Waals surface area contributed by atoms with Crippen LogP contribution in [0.5, 0.6) is 0 Å². The van der Waals surface area contributed by atoms with Crippen LogP contribution in [0.2, 0.25) is 0 Å². The minimum absolute atomic E-state index is 1.16. The number of nitrogens with zero attached hydrogens (tertiary/aromatic N) is 2. The Hall–Kier alpha value is -6.38. The Morgan fingerprint density at radius 1 is 0.312 bits per heavy atom. The highest BCUT2D eigenvalue weighted by molar-refractivity contribution is 6.23. The lowest BCUT2D eigenvalue weighted by Crippen LogP contribution is -1.99. The Morgan fingerprint density at radius 2 is 0.938 bits per heavy atom. The van der Waals surface area contributed by atoms with Gasteiger partial charge in [-0.2, -0.15) is 0 Å². The highest BCUT2D eigenvalue weighted by Gasteiger charge is 2.21. The molecule has 2 heterocycles. The molecule has 0 radical (unpaired) electrons. The van der Waals surface area contributed by atoms with Gasteiger partial charge in [-0.25, -0.2) is 0 Å². The van der Waals surface area contributed by atoms with Crippen LogP contribution in [-0.4, -0.2) is 9.13 Å². The first-order valence-corrected chi connectivity index (χ1v) is 16.5. The molecule has 0 saturated carbocycles. The van der Waals surface area contributed by atoms with Crippen LogP contribution in [-0.2, 0) is 0 Å². The van der Waals surface area contributed by atoms with Crippen LogP contribution in [0.1, 0.15) is 0 Å². The molecule has 0 atom stereocenters. The number of para-hydroxylation sites is 2. The first-order chi connectivity index (χ1) is 23.8. The predicted molar refractivity (Wildman–Crippen MR) is 203 cm³/mol. The van der Waals surface area contributed by atoms with E-state index in [1.807, 2.05) is 0 Å². The van der Waals surface area contributed by atoms with Gasteiger partial charge in [0.25, 0.3) is 0 Å². The lowest BCUT2D eigenvalue weighted by Gasteiger charge is -2.16. The normalized spacial score (nSPS) is 11.8. The van der Waals surface area contributed by atoms with E-state index in [2.05, 4.69) is 191 Å². The molecule has 224 valence electrons. The average molecular weight is 611 g/mol. The Balaban J connectivity index is 1.36. The van der Waals surface area contributed by atoms with E-state index in [-0.39, 0.29) is 0 Å². The molecule has 0 bridgehead atoms. The maximum atomic E-state index is 2.48. The third kappa shape index (κ3) is 4.00. The Kier molecular flexibility index (Phi) is 5.91. The van der Waals surface area contributed by atoms with Gasteiger partial charge in [-0.05, 0) is 64.5 Å². The summed E-state index contributed by atoms with van der Waals surface area (Å²) >= 11 is 0. The molecule has 2 heteroatoms. The first kappa shape index (κ1) is 26.8. The summed E-state index contributed by atoms with van der Waals surface area (Å²) in [6.07, 6.45) is 0. The average Bonchev–Trinajstić information content (AvgIpc) is 3.67. The van der Waals surface area contributed by atoms with Crippen LogP contribution in [0.4, 0.5) is 0 Å². The monoisotopic (exact) mass is 610 g/mol. The van der Waals surface area contributed by atoms with Gasteiger partial charge in [0.2, 0.25) is 0 Å². The summed E-state index contributed by atoms with van der Waals surface area (Å²) < 4.78 is 4.94. The van der Waals surface area contributed by atoms with Crippen molar-refractivity contribution in [3.8, 4) is 33.6 Å². The van der Waals surface area contributed by atoms with Crippen molar-refractivity contribution in [2.45, 2.75) is 0 Å². The van der Waals surface area contributed by atoms with E-state index < -0.39 is 0 Å². The van der Waals surface area contributed by atoms with Crippen LogP contribution in [0.25, 0.3) is 88.0 Å². The zero-order chi connectivity index (χ0) is 31.6. The zero-order valence-electron chi connectivity index (χ0n) is 26.2. The van der Waals surface area contributed by atoms with Gasteiger partial charge in [0, 0.05) is 38.2 Å². The molecule has 0 spiro atoms. The largest absolute Gasteiger partial charge is 0.309 e. The summed E-state index contributed by atoms with van der Waals surface area (Å²) in [5.41, 5.74) is 12.0.